The SMILES string of the molecule is CC(=O)N[C@@H](Cc1ccccc1)C(=O)N[C@@H](CCCCN)C(=O)N[C@@H](Cc1ccccc1)C(=O)N[C@@H](c1ccccc1)[C@@H](O)C(=O)N[C@@H](C)C(=O)N[C@@H](CC(C)C)C(=O)N[C@@H](CCCN=C(N)N)C(N)=O. The molecule has 0 heterocycles. The van der Waals surface area contributed by atoms with E-state index in [-0.39, 0.29) is 50.5 Å². The van der Waals surface area contributed by atoms with Crippen molar-refractivity contribution in [2.45, 2.75) is 127 Å². The van der Waals surface area contributed by atoms with Crippen LogP contribution in [0.15, 0.2) is 96.0 Å². The number of carbonyl (C=O) groups is 8. The molecule has 8 atom stereocenters. The van der Waals surface area contributed by atoms with Crippen LogP contribution in [0.5, 0.6) is 0 Å². The molecule has 3 aromatic rings. The van der Waals surface area contributed by atoms with E-state index in [2.05, 4.69) is 42.2 Å². The van der Waals surface area contributed by atoms with Gasteiger partial charge in [0.15, 0.2) is 12.1 Å². The van der Waals surface area contributed by atoms with Crippen LogP contribution in [-0.4, -0.2) is 114 Å². The molecule has 0 aliphatic heterocycles. The minimum atomic E-state index is -2.01. The van der Waals surface area contributed by atoms with Crippen LogP contribution in [0.4, 0.5) is 0 Å². The average molecular weight is 985 g/mol. The first-order valence-electron chi connectivity index (χ1n) is 23.7. The fourth-order valence-corrected chi connectivity index (χ4v) is 7.51. The van der Waals surface area contributed by atoms with Gasteiger partial charge in [0.25, 0.3) is 5.91 Å². The second-order valence-corrected chi connectivity index (χ2v) is 17.7. The molecule has 0 saturated heterocycles. The van der Waals surface area contributed by atoms with Crippen LogP contribution in [-0.2, 0) is 51.2 Å². The predicted octanol–water partition coefficient (Wildman–Crippen LogP) is -0.647. The second kappa shape index (κ2) is 30.3. The maximum absolute atomic E-state index is 14.5. The lowest BCUT2D eigenvalue weighted by Crippen LogP contribution is -2.58. The van der Waals surface area contributed by atoms with Crippen molar-refractivity contribution in [3.8, 4) is 0 Å². The number of primary amides is 1. The third kappa shape index (κ3) is 21.0. The van der Waals surface area contributed by atoms with Gasteiger partial charge in [-0.2, -0.15) is 0 Å². The van der Waals surface area contributed by atoms with E-state index in [0.29, 0.717) is 36.9 Å². The molecule has 0 fully saturated rings. The Morgan fingerprint density at radius 1 is 0.535 bits per heavy atom. The van der Waals surface area contributed by atoms with E-state index >= 15 is 0 Å². The number of guanidine groups is 1. The van der Waals surface area contributed by atoms with Crippen LogP contribution in [0.2, 0.25) is 0 Å². The molecule has 0 spiro atoms. The number of aliphatic imine (C=N–C) groups is 1. The summed E-state index contributed by atoms with van der Waals surface area (Å²) in [5.74, 6) is -6.17. The largest absolute Gasteiger partial charge is 0.381 e. The number of hydrogen-bond acceptors (Lipinski definition) is 11. The zero-order valence-corrected chi connectivity index (χ0v) is 40.9. The minimum Gasteiger partial charge on any atom is -0.381 e. The van der Waals surface area contributed by atoms with Gasteiger partial charge in [-0.05, 0) is 74.6 Å². The highest BCUT2D eigenvalue weighted by Gasteiger charge is 2.36. The van der Waals surface area contributed by atoms with Gasteiger partial charge < -0.3 is 65.3 Å². The Hall–Kier alpha value is -7.39. The summed E-state index contributed by atoms with van der Waals surface area (Å²) in [6, 6.07) is 17.4. The Morgan fingerprint density at radius 2 is 1.00 bits per heavy atom. The zero-order chi connectivity index (χ0) is 52.5. The van der Waals surface area contributed by atoms with E-state index in [1.165, 1.54) is 13.8 Å². The van der Waals surface area contributed by atoms with Gasteiger partial charge >= 0.3 is 0 Å². The van der Waals surface area contributed by atoms with Gasteiger partial charge in [-0.1, -0.05) is 105 Å². The van der Waals surface area contributed by atoms with E-state index in [1.54, 1.807) is 84.9 Å². The highest BCUT2D eigenvalue weighted by Crippen LogP contribution is 2.19. The van der Waals surface area contributed by atoms with Gasteiger partial charge in [-0.15, -0.1) is 0 Å². The lowest BCUT2D eigenvalue weighted by Gasteiger charge is -2.29. The molecule has 8 amide bonds. The molecule has 0 aliphatic rings. The summed E-state index contributed by atoms with van der Waals surface area (Å²) in [4.78, 5) is 112. The first-order chi connectivity index (χ1) is 33.8. The van der Waals surface area contributed by atoms with Crippen LogP contribution in [0.3, 0.4) is 0 Å². The smallest absolute Gasteiger partial charge is 0.251 e. The number of carbonyl (C=O) groups excluding carboxylic acids is 8. The molecule has 0 unspecified atom stereocenters. The van der Waals surface area contributed by atoms with Crippen molar-refractivity contribution >= 4 is 53.2 Å². The van der Waals surface area contributed by atoms with Gasteiger partial charge in [0, 0.05) is 26.3 Å². The number of amides is 8. The number of nitrogens with two attached hydrogens (primary N) is 4. The van der Waals surface area contributed by atoms with Gasteiger partial charge in [-0.3, -0.25) is 43.3 Å². The summed E-state index contributed by atoms with van der Waals surface area (Å²) >= 11 is 0. The second-order valence-electron chi connectivity index (χ2n) is 17.7. The van der Waals surface area contributed by atoms with E-state index in [9.17, 15) is 43.5 Å². The molecular formula is C50H72N12O9. The van der Waals surface area contributed by atoms with Crippen molar-refractivity contribution in [2.24, 2.45) is 33.8 Å². The fraction of sp³-hybridized carbons (Fsp3) is 0.460. The van der Waals surface area contributed by atoms with Crippen molar-refractivity contribution in [3.63, 3.8) is 0 Å². The molecular weight excluding hydrogens is 913 g/mol. The van der Waals surface area contributed by atoms with Crippen molar-refractivity contribution in [3.05, 3.63) is 108 Å². The lowest BCUT2D eigenvalue weighted by atomic mass is 9.98. The summed E-state index contributed by atoms with van der Waals surface area (Å²) < 4.78 is 0. The number of nitrogens with zero attached hydrogens (tertiary/aromatic N) is 1. The monoisotopic (exact) mass is 985 g/mol. The highest BCUT2D eigenvalue weighted by atomic mass is 16.3. The van der Waals surface area contributed by atoms with Gasteiger partial charge in [0.05, 0.1) is 6.04 Å². The van der Waals surface area contributed by atoms with Crippen LogP contribution in [0.25, 0.3) is 0 Å². The standard InChI is InChI=1S/C50H72N12O9/c1-30(2)27-38(46(68)58-36(43(52)65)24-16-26-55-50(53)54)60-44(66)31(3)56-49(71)42(64)41(35-21-12-7-13-22-35)62-48(70)40(29-34-19-10-6-11-20-34)61-45(67)37(23-14-15-25-51)59-47(69)39(57-32(4)63)28-33-17-8-5-9-18-33/h5-13,17-22,30-31,36-42,64H,14-16,23-29,51H2,1-4H3,(H2,52,65)(H,56,71)(H,57,63)(H,58,68)(H,59,69)(H,60,66)(H,61,67)(H,62,70)(H4,53,54,55)/t31-,36-,37-,38-,39-,40-,41-,42+/m0/s1. The molecule has 21 heteroatoms. The Labute approximate surface area is 414 Å². The molecule has 0 radical (unpaired) electrons. The first kappa shape index (κ1) is 57.9. The molecule has 0 saturated carbocycles. The number of hydrogen-bond donors (Lipinski definition) is 12. The van der Waals surface area contributed by atoms with Crippen LogP contribution < -0.4 is 60.2 Å². The van der Waals surface area contributed by atoms with E-state index in [0.717, 1.165) is 5.56 Å². The van der Waals surface area contributed by atoms with Crippen LogP contribution in [0.1, 0.15) is 89.0 Å². The minimum absolute atomic E-state index is 0.0469. The summed E-state index contributed by atoms with van der Waals surface area (Å²) in [5, 5.41) is 30.3. The van der Waals surface area contributed by atoms with Gasteiger partial charge in [0.2, 0.25) is 41.4 Å². The number of benzene rings is 3. The molecule has 16 N–H and O–H groups in total. The van der Waals surface area contributed by atoms with E-state index in [1.807, 2.05) is 19.9 Å². The van der Waals surface area contributed by atoms with E-state index in [4.69, 9.17) is 22.9 Å². The quantitative estimate of drug-likeness (QED) is 0.0225. The van der Waals surface area contributed by atoms with Gasteiger partial charge in [0.1, 0.15) is 36.3 Å². The predicted molar refractivity (Wildman–Crippen MR) is 268 cm³/mol. The number of aliphatic hydroxyl groups is 1. The maximum atomic E-state index is 14.5. The summed E-state index contributed by atoms with van der Waals surface area (Å²) in [5.41, 5.74) is 23.8. The van der Waals surface area contributed by atoms with Gasteiger partial charge in [-0.25, -0.2) is 0 Å². The maximum Gasteiger partial charge on any atom is 0.251 e. The Morgan fingerprint density at radius 3 is 1.52 bits per heavy atom. The molecule has 0 bridgehead atoms. The molecule has 71 heavy (non-hydrogen) atoms. The summed E-state index contributed by atoms with van der Waals surface area (Å²) in [7, 11) is 0. The molecule has 21 nitrogen and oxygen atoms in total. The topological polar surface area (TPSA) is 357 Å². The van der Waals surface area contributed by atoms with Crippen LogP contribution in [0, 0.1) is 5.92 Å². The molecule has 0 aliphatic carbocycles. The van der Waals surface area contributed by atoms with Crippen LogP contribution >= 0.6 is 0 Å². The molecule has 0 aromatic heterocycles. The molecule has 3 rings (SSSR count). The lowest BCUT2D eigenvalue weighted by molar-refractivity contribution is -0.137. The van der Waals surface area contributed by atoms with Crippen molar-refractivity contribution in [2.75, 3.05) is 13.1 Å². The highest BCUT2D eigenvalue weighted by molar-refractivity contribution is 5.96. The third-order valence-corrected chi connectivity index (χ3v) is 11.2. The average Bonchev–Trinajstić information content (AvgIpc) is 3.33. The zero-order valence-electron chi connectivity index (χ0n) is 40.9. The molecule has 3 aromatic carbocycles. The normalized spacial score (nSPS) is 14.4. The van der Waals surface area contributed by atoms with Crippen molar-refractivity contribution < 1.29 is 43.5 Å². The number of aliphatic hydroxyl groups excluding tert-OH is 1. The Bertz CT molecular complexity index is 2230. The Kier molecular flexibility index (Phi) is 24.7. The summed E-state index contributed by atoms with van der Waals surface area (Å²) in [6.07, 6.45) is -0.220. The number of rotatable bonds is 30. The Balaban J connectivity index is 1.86. The first-order valence-corrected chi connectivity index (χ1v) is 23.7. The van der Waals surface area contributed by atoms with Crippen molar-refractivity contribution in [1.29, 1.82) is 0 Å². The third-order valence-electron chi connectivity index (χ3n) is 11.2. The van der Waals surface area contributed by atoms with Crippen molar-refractivity contribution in [1.82, 2.24) is 37.2 Å². The number of nitrogens with one attached hydrogen (secondary N) is 7. The van der Waals surface area contributed by atoms with E-state index < -0.39 is 95.7 Å². The number of unbranched alkanes of at least 4 members (excludes halogenated alkanes) is 1. The summed E-state index contributed by atoms with van der Waals surface area (Å²) in [6.45, 7) is 6.77. The molecule has 386 valence electrons. The fourth-order valence-electron chi connectivity index (χ4n) is 7.51.